The van der Waals surface area contributed by atoms with E-state index in [1.165, 1.54) is 20.2 Å². The Morgan fingerprint density at radius 2 is 2.41 bits per heavy atom. The molecule has 0 aliphatic carbocycles. The summed E-state index contributed by atoms with van der Waals surface area (Å²) >= 11 is 0. The van der Waals surface area contributed by atoms with E-state index in [1.807, 2.05) is 6.07 Å². The van der Waals surface area contributed by atoms with Crippen molar-refractivity contribution >= 4 is 11.8 Å². The Kier molecular flexibility index (Phi) is 4.01. The minimum atomic E-state index is -1.62. The fraction of sp³-hybridized carbons (Fsp3) is 0.364. The summed E-state index contributed by atoms with van der Waals surface area (Å²) in [6.07, 6.45) is 1.40. The van der Waals surface area contributed by atoms with Crippen molar-refractivity contribution < 1.29 is 14.6 Å². The molecule has 0 fully saturated rings. The molecule has 2 N–H and O–H groups in total. The third-order valence-corrected chi connectivity index (χ3v) is 2.13. The van der Waals surface area contributed by atoms with Crippen LogP contribution in [0.3, 0.4) is 0 Å². The third kappa shape index (κ3) is 3.43. The van der Waals surface area contributed by atoms with Gasteiger partial charge in [-0.15, -0.1) is 0 Å². The van der Waals surface area contributed by atoms with Crippen molar-refractivity contribution in [3.05, 3.63) is 23.9 Å². The van der Waals surface area contributed by atoms with Gasteiger partial charge in [0.05, 0.1) is 19.2 Å². The standard InChI is InChI=1S/C11H13N3O3/c1-11(16,10(15)17-2)7-14-9-4-3-8(5-12)6-13-9/h3-4,6,16H,7H2,1-2H3,(H,13,14)/t11-/m1/s1. The highest BCUT2D eigenvalue weighted by Crippen LogP contribution is 2.09. The van der Waals surface area contributed by atoms with Crippen molar-refractivity contribution in [2.45, 2.75) is 12.5 Å². The van der Waals surface area contributed by atoms with E-state index in [9.17, 15) is 9.90 Å². The molecule has 0 aromatic carbocycles. The number of ether oxygens (including phenoxy) is 1. The quantitative estimate of drug-likeness (QED) is 0.728. The second kappa shape index (κ2) is 5.27. The molecule has 0 saturated heterocycles. The Morgan fingerprint density at radius 3 is 2.88 bits per heavy atom. The van der Waals surface area contributed by atoms with E-state index in [0.717, 1.165) is 0 Å². The van der Waals surface area contributed by atoms with Crippen LogP contribution in [-0.2, 0) is 9.53 Å². The van der Waals surface area contributed by atoms with Crippen molar-refractivity contribution in [1.82, 2.24) is 4.98 Å². The second-order valence-electron chi connectivity index (χ2n) is 3.66. The number of aromatic nitrogens is 1. The zero-order valence-electron chi connectivity index (χ0n) is 9.60. The van der Waals surface area contributed by atoms with Crippen molar-refractivity contribution in [3.8, 4) is 6.07 Å². The summed E-state index contributed by atoms with van der Waals surface area (Å²) in [5.74, 6) is -0.258. The van der Waals surface area contributed by atoms with Crippen molar-refractivity contribution in [3.63, 3.8) is 0 Å². The average molecular weight is 235 g/mol. The lowest BCUT2D eigenvalue weighted by molar-refractivity contribution is -0.158. The predicted molar refractivity (Wildman–Crippen MR) is 60.1 cm³/mol. The van der Waals surface area contributed by atoms with Gasteiger partial charge in [0.15, 0.2) is 5.60 Å². The number of hydrogen-bond acceptors (Lipinski definition) is 6. The molecular weight excluding hydrogens is 222 g/mol. The van der Waals surface area contributed by atoms with E-state index in [1.54, 1.807) is 12.1 Å². The molecule has 0 amide bonds. The van der Waals surface area contributed by atoms with Gasteiger partial charge in [0.25, 0.3) is 0 Å². The van der Waals surface area contributed by atoms with E-state index in [0.29, 0.717) is 11.4 Å². The molecule has 0 aliphatic heterocycles. The number of esters is 1. The van der Waals surface area contributed by atoms with Crippen LogP contribution in [0.15, 0.2) is 18.3 Å². The maximum atomic E-state index is 11.2. The molecule has 0 bridgehead atoms. The summed E-state index contributed by atoms with van der Waals surface area (Å²) in [6, 6.07) is 5.11. The molecule has 1 aromatic rings. The summed E-state index contributed by atoms with van der Waals surface area (Å²) in [5, 5.41) is 21.1. The lowest BCUT2D eigenvalue weighted by atomic mass is 10.1. The third-order valence-electron chi connectivity index (χ3n) is 2.13. The zero-order valence-corrected chi connectivity index (χ0v) is 9.60. The molecule has 17 heavy (non-hydrogen) atoms. The first-order valence-electron chi connectivity index (χ1n) is 4.90. The molecule has 6 heteroatoms. The normalized spacial score (nSPS) is 13.3. The Bertz CT molecular complexity index is 434. The molecule has 0 saturated carbocycles. The zero-order chi connectivity index (χ0) is 12.9. The minimum absolute atomic E-state index is 0.0292. The lowest BCUT2D eigenvalue weighted by Gasteiger charge is -2.20. The van der Waals surface area contributed by atoms with Crippen molar-refractivity contribution in [1.29, 1.82) is 5.26 Å². The van der Waals surface area contributed by atoms with Gasteiger partial charge in [-0.3, -0.25) is 0 Å². The van der Waals surface area contributed by atoms with Crippen LogP contribution in [0.1, 0.15) is 12.5 Å². The number of nitriles is 1. The topological polar surface area (TPSA) is 95.2 Å². The number of pyridine rings is 1. The molecule has 90 valence electrons. The highest BCUT2D eigenvalue weighted by Gasteiger charge is 2.31. The summed E-state index contributed by atoms with van der Waals surface area (Å²) in [4.78, 5) is 15.1. The van der Waals surface area contributed by atoms with Crippen LogP contribution in [0.5, 0.6) is 0 Å². The summed E-state index contributed by atoms with van der Waals surface area (Å²) < 4.78 is 4.45. The van der Waals surface area contributed by atoms with Gasteiger partial charge in [-0.05, 0) is 19.1 Å². The summed E-state index contributed by atoms with van der Waals surface area (Å²) in [6.45, 7) is 1.31. The lowest BCUT2D eigenvalue weighted by Crippen LogP contribution is -2.42. The molecule has 0 aliphatic rings. The van der Waals surface area contributed by atoms with Gasteiger partial charge in [-0.1, -0.05) is 0 Å². The van der Waals surface area contributed by atoms with Crippen molar-refractivity contribution in [2.24, 2.45) is 0 Å². The number of anilines is 1. The van der Waals surface area contributed by atoms with Crippen molar-refractivity contribution in [2.75, 3.05) is 19.0 Å². The molecule has 1 rings (SSSR count). The maximum Gasteiger partial charge on any atom is 0.339 e. The molecule has 0 spiro atoms. The number of rotatable bonds is 4. The van der Waals surface area contributed by atoms with E-state index in [-0.39, 0.29) is 6.54 Å². The molecular formula is C11H13N3O3. The number of aliphatic hydroxyl groups is 1. The summed E-state index contributed by atoms with van der Waals surface area (Å²) in [5.41, 5.74) is -1.18. The van der Waals surface area contributed by atoms with Gasteiger partial charge in [0.2, 0.25) is 0 Å². The number of nitrogens with one attached hydrogen (secondary N) is 1. The average Bonchev–Trinajstić information content (AvgIpc) is 2.36. The SMILES string of the molecule is COC(=O)[C@](C)(O)CNc1ccc(C#N)cn1. The molecule has 1 atom stereocenters. The summed E-state index contributed by atoms with van der Waals surface area (Å²) in [7, 11) is 1.21. The largest absolute Gasteiger partial charge is 0.467 e. The van der Waals surface area contributed by atoms with Crippen LogP contribution in [0.2, 0.25) is 0 Å². The monoisotopic (exact) mass is 235 g/mol. The first-order valence-corrected chi connectivity index (χ1v) is 4.90. The number of carbonyl (C=O) groups is 1. The molecule has 1 aromatic heterocycles. The van der Waals surface area contributed by atoms with E-state index in [4.69, 9.17) is 5.26 Å². The molecule has 1 heterocycles. The number of nitrogens with zero attached hydrogens (tertiary/aromatic N) is 2. The Balaban J connectivity index is 2.61. The van der Waals surface area contributed by atoms with Gasteiger partial charge in [-0.2, -0.15) is 5.26 Å². The van der Waals surface area contributed by atoms with E-state index < -0.39 is 11.6 Å². The van der Waals surface area contributed by atoms with Crippen LogP contribution in [-0.4, -0.2) is 35.3 Å². The van der Waals surface area contributed by atoms with Gasteiger partial charge < -0.3 is 15.2 Å². The Hall–Kier alpha value is -2.13. The molecule has 6 nitrogen and oxygen atoms in total. The van der Waals surface area contributed by atoms with Crippen LogP contribution in [0.25, 0.3) is 0 Å². The van der Waals surface area contributed by atoms with Crippen LogP contribution < -0.4 is 5.32 Å². The second-order valence-corrected chi connectivity index (χ2v) is 3.66. The molecule has 0 unspecified atom stereocenters. The van der Waals surface area contributed by atoms with Crippen LogP contribution in [0, 0.1) is 11.3 Å². The minimum Gasteiger partial charge on any atom is -0.467 e. The van der Waals surface area contributed by atoms with E-state index in [2.05, 4.69) is 15.0 Å². The van der Waals surface area contributed by atoms with Gasteiger partial charge in [-0.25, -0.2) is 9.78 Å². The number of carbonyl (C=O) groups excluding carboxylic acids is 1. The Morgan fingerprint density at radius 1 is 1.71 bits per heavy atom. The van der Waals surface area contributed by atoms with Gasteiger partial charge >= 0.3 is 5.97 Å². The van der Waals surface area contributed by atoms with Gasteiger partial charge in [0, 0.05) is 6.20 Å². The fourth-order valence-electron chi connectivity index (χ4n) is 1.12. The van der Waals surface area contributed by atoms with Crippen LogP contribution >= 0.6 is 0 Å². The molecule has 0 radical (unpaired) electrons. The first kappa shape index (κ1) is 12.9. The highest BCUT2D eigenvalue weighted by atomic mass is 16.5. The van der Waals surface area contributed by atoms with E-state index >= 15 is 0 Å². The predicted octanol–water partition coefficient (Wildman–Crippen LogP) is 0.289. The van der Waals surface area contributed by atoms with Crippen LogP contribution in [0.4, 0.5) is 5.82 Å². The maximum absolute atomic E-state index is 11.2. The number of hydrogen-bond donors (Lipinski definition) is 2. The number of methoxy groups -OCH3 is 1. The highest BCUT2D eigenvalue weighted by molar-refractivity contribution is 5.79. The Labute approximate surface area is 98.9 Å². The smallest absolute Gasteiger partial charge is 0.339 e. The van der Waals surface area contributed by atoms with Gasteiger partial charge in [0.1, 0.15) is 11.9 Å². The fourth-order valence-corrected chi connectivity index (χ4v) is 1.12. The first-order chi connectivity index (χ1) is 7.99.